The van der Waals surface area contributed by atoms with Crippen molar-refractivity contribution in [1.82, 2.24) is 15.3 Å². The zero-order valence-electron chi connectivity index (χ0n) is 27.3. The van der Waals surface area contributed by atoms with Crippen LogP contribution in [-0.2, 0) is 19.1 Å². The van der Waals surface area contributed by atoms with Crippen LogP contribution in [0.3, 0.4) is 0 Å². The van der Waals surface area contributed by atoms with Gasteiger partial charge in [-0.25, -0.2) is 24.0 Å². The number of carbonyl (C=O) groups excluding carboxylic acids is 2. The molecule has 0 bridgehead atoms. The number of nitrogens with zero attached hydrogens (tertiary/aromatic N) is 3. The van der Waals surface area contributed by atoms with Crippen molar-refractivity contribution in [1.29, 1.82) is 0 Å². The average Bonchev–Trinajstić information content (AvgIpc) is 3.40. The third-order valence-electron chi connectivity index (χ3n) is 8.28. The molecule has 3 heterocycles. The van der Waals surface area contributed by atoms with Crippen LogP contribution in [0.25, 0.3) is 17.2 Å². The molecule has 1 amide bonds. The second-order valence-corrected chi connectivity index (χ2v) is 13.3. The summed E-state index contributed by atoms with van der Waals surface area (Å²) in [5.41, 5.74) is 4.68. The number of thiocarbonyl (C=S) groups is 1. The fourth-order valence-corrected chi connectivity index (χ4v) is 6.85. The number of nitrogens with one attached hydrogen (secondary N) is 1. The van der Waals surface area contributed by atoms with Crippen LogP contribution >= 0.6 is 24.0 Å². The maximum Gasteiger partial charge on any atom is 0.337 e. The van der Waals surface area contributed by atoms with Crippen molar-refractivity contribution < 1.29 is 47.2 Å². The Labute approximate surface area is 301 Å². The first kappa shape index (κ1) is 36.3. The number of hydrazine groups is 1. The van der Waals surface area contributed by atoms with Crippen molar-refractivity contribution in [2.24, 2.45) is 0 Å². The molecular weight excluding hydrogens is 707 g/mol. The summed E-state index contributed by atoms with van der Waals surface area (Å²) in [6, 6.07) is 13.1. The molecule has 2 N–H and O–H groups in total. The van der Waals surface area contributed by atoms with Crippen LogP contribution in [0.4, 0.5) is 14.5 Å². The lowest BCUT2D eigenvalue weighted by atomic mass is 10.0. The first-order valence-electron chi connectivity index (χ1n) is 16.1. The number of hydrogen-bond donors (Lipinski definition) is 2. The number of benzene rings is 3. The molecule has 0 spiro atoms. The molecule has 0 unspecified atom stereocenters. The van der Waals surface area contributed by atoms with Crippen LogP contribution in [0.1, 0.15) is 15.9 Å². The lowest BCUT2D eigenvalue weighted by Crippen LogP contribution is -2.44. The van der Waals surface area contributed by atoms with E-state index in [-0.39, 0.29) is 20.5 Å². The molecule has 3 fully saturated rings. The highest BCUT2D eigenvalue weighted by atomic mass is 32.2. The summed E-state index contributed by atoms with van der Waals surface area (Å²) in [6.45, 7) is 5.46. The fourth-order valence-electron chi connectivity index (χ4n) is 5.64. The maximum atomic E-state index is 14.1. The summed E-state index contributed by atoms with van der Waals surface area (Å²) in [7, 11) is 0. The zero-order valence-corrected chi connectivity index (χ0v) is 28.9. The van der Waals surface area contributed by atoms with Gasteiger partial charge in [0.05, 0.1) is 42.6 Å². The number of anilines is 1. The van der Waals surface area contributed by atoms with Crippen molar-refractivity contribution in [3.05, 3.63) is 82.3 Å². The Morgan fingerprint density at radius 2 is 1.65 bits per heavy atom. The number of carboxylic acids is 1. The summed E-state index contributed by atoms with van der Waals surface area (Å²) >= 11 is 6.43. The number of thioether (sulfide) groups is 1. The van der Waals surface area contributed by atoms with Gasteiger partial charge in [0.1, 0.15) is 24.7 Å². The molecule has 51 heavy (non-hydrogen) atoms. The van der Waals surface area contributed by atoms with Crippen LogP contribution in [0.5, 0.6) is 11.5 Å². The average molecular weight is 741 g/mol. The van der Waals surface area contributed by atoms with Crippen molar-refractivity contribution in [3.63, 3.8) is 0 Å². The second-order valence-electron chi connectivity index (χ2n) is 11.6. The Hall–Kier alpha value is -4.45. The van der Waals surface area contributed by atoms with E-state index in [0.29, 0.717) is 80.8 Å². The minimum atomic E-state index is -1.17. The van der Waals surface area contributed by atoms with Gasteiger partial charge >= 0.3 is 11.9 Å². The number of ether oxygens (including phenoxy) is 4. The highest BCUT2D eigenvalue weighted by molar-refractivity contribution is 8.26. The second kappa shape index (κ2) is 16.7. The third kappa shape index (κ3) is 9.08. The van der Waals surface area contributed by atoms with E-state index in [2.05, 4.69) is 10.3 Å². The number of aromatic carboxylic acids is 1. The Bertz CT molecular complexity index is 1850. The quantitative estimate of drug-likeness (QED) is 0.119. The molecule has 3 aromatic carbocycles. The van der Waals surface area contributed by atoms with Gasteiger partial charge in [-0.15, -0.1) is 0 Å². The standard InChI is InChI=1S/C35H34F2N4O8S2/c36-27-4-1-23(18-28(27)37)22-2-6-30(48-16-9-39-7-12-46-13-8-39)24(17-22)19-31-33(43)41(35(50)51-31)38-21-32(42)49-25-3-5-29(26(20-25)34(44)45)40-10-14-47-15-11-40/h1-6,17-20,38H,7-16,21H2,(H,44,45). The number of hydrogen-bond acceptors (Lipinski definition) is 12. The smallest absolute Gasteiger partial charge is 0.337 e. The largest absolute Gasteiger partial charge is 0.492 e. The van der Waals surface area contributed by atoms with Gasteiger partial charge in [-0.3, -0.25) is 14.5 Å². The van der Waals surface area contributed by atoms with Gasteiger partial charge in [0.25, 0.3) is 5.91 Å². The molecule has 3 saturated heterocycles. The van der Waals surface area contributed by atoms with Gasteiger partial charge in [0.2, 0.25) is 0 Å². The van der Waals surface area contributed by atoms with E-state index in [0.717, 1.165) is 42.0 Å². The van der Waals surface area contributed by atoms with E-state index in [9.17, 15) is 28.3 Å². The molecule has 0 aromatic heterocycles. The number of rotatable bonds is 12. The minimum Gasteiger partial charge on any atom is -0.492 e. The van der Waals surface area contributed by atoms with E-state index < -0.39 is 36.0 Å². The highest BCUT2D eigenvalue weighted by Crippen LogP contribution is 2.35. The monoisotopic (exact) mass is 740 g/mol. The lowest BCUT2D eigenvalue weighted by Gasteiger charge is -2.30. The molecule has 0 radical (unpaired) electrons. The molecule has 6 rings (SSSR count). The molecule has 12 nitrogen and oxygen atoms in total. The Kier molecular flexibility index (Phi) is 11.9. The number of carbonyl (C=O) groups is 3. The van der Waals surface area contributed by atoms with Gasteiger partial charge < -0.3 is 29.0 Å². The molecule has 16 heteroatoms. The van der Waals surface area contributed by atoms with E-state index in [1.165, 1.54) is 18.2 Å². The summed E-state index contributed by atoms with van der Waals surface area (Å²) < 4.78 is 50.1. The zero-order chi connectivity index (χ0) is 35.9. The van der Waals surface area contributed by atoms with Crippen molar-refractivity contribution in [2.45, 2.75) is 0 Å². The Morgan fingerprint density at radius 1 is 0.941 bits per heavy atom. The summed E-state index contributed by atoms with van der Waals surface area (Å²) in [4.78, 5) is 42.5. The molecule has 3 aliphatic heterocycles. The van der Waals surface area contributed by atoms with E-state index >= 15 is 0 Å². The van der Waals surface area contributed by atoms with Crippen molar-refractivity contribution in [3.8, 4) is 22.6 Å². The third-order valence-corrected chi connectivity index (χ3v) is 9.58. The number of esters is 1. The van der Waals surface area contributed by atoms with Gasteiger partial charge in [0.15, 0.2) is 16.0 Å². The Morgan fingerprint density at radius 3 is 2.37 bits per heavy atom. The van der Waals surface area contributed by atoms with Crippen LogP contribution in [0.15, 0.2) is 59.5 Å². The predicted octanol–water partition coefficient (Wildman–Crippen LogP) is 4.19. The molecular formula is C35H34F2N4O8S2. The number of carboxylic acid groups (broad SMARTS) is 1. The molecule has 0 atom stereocenters. The molecule has 0 aliphatic carbocycles. The van der Waals surface area contributed by atoms with Gasteiger partial charge in [-0.1, -0.05) is 36.1 Å². The van der Waals surface area contributed by atoms with Crippen LogP contribution in [0.2, 0.25) is 0 Å². The Balaban J connectivity index is 1.14. The number of amides is 1. The van der Waals surface area contributed by atoms with E-state index in [1.807, 2.05) is 4.90 Å². The number of halogens is 2. The number of morpholine rings is 2. The van der Waals surface area contributed by atoms with Crippen LogP contribution in [0, 0.1) is 11.6 Å². The topological polar surface area (TPSA) is 130 Å². The van der Waals surface area contributed by atoms with Gasteiger partial charge in [-0.2, -0.15) is 0 Å². The summed E-state index contributed by atoms with van der Waals surface area (Å²) in [5, 5.41) is 10.8. The highest BCUT2D eigenvalue weighted by Gasteiger charge is 2.33. The van der Waals surface area contributed by atoms with Gasteiger partial charge in [0, 0.05) is 38.3 Å². The molecule has 3 aliphatic rings. The fraction of sp³-hybridized carbons (Fsp3) is 0.314. The predicted molar refractivity (Wildman–Crippen MR) is 190 cm³/mol. The van der Waals surface area contributed by atoms with Crippen LogP contribution < -0.4 is 19.8 Å². The van der Waals surface area contributed by atoms with E-state index in [1.54, 1.807) is 30.3 Å². The summed E-state index contributed by atoms with van der Waals surface area (Å²) in [5.74, 6) is -3.93. The van der Waals surface area contributed by atoms with Crippen molar-refractivity contribution in [2.75, 3.05) is 77.2 Å². The SMILES string of the molecule is O=C(CNN1C(=O)C(=Cc2cc(-c3ccc(F)c(F)c3)ccc2OCCN2CCOCC2)SC1=S)Oc1ccc(N2CCOCC2)c(C(=O)O)c1. The molecule has 268 valence electrons. The van der Waals surface area contributed by atoms with Crippen molar-refractivity contribution >= 4 is 57.9 Å². The molecule has 0 saturated carbocycles. The normalized spacial score (nSPS) is 17.6. The lowest BCUT2D eigenvalue weighted by molar-refractivity contribution is -0.134. The van der Waals surface area contributed by atoms with E-state index in [4.69, 9.17) is 31.2 Å². The summed E-state index contributed by atoms with van der Waals surface area (Å²) in [6.07, 6.45) is 1.59. The van der Waals surface area contributed by atoms with Crippen LogP contribution in [-0.4, -0.2) is 109 Å². The maximum absolute atomic E-state index is 14.1. The minimum absolute atomic E-state index is 0.0182. The van der Waals surface area contributed by atoms with Gasteiger partial charge in [-0.05, 0) is 59.7 Å². The molecule has 3 aromatic rings. The first-order valence-corrected chi connectivity index (χ1v) is 17.3. The first-order chi connectivity index (χ1) is 24.7.